The second-order valence-electron chi connectivity index (χ2n) is 5.23. The van der Waals surface area contributed by atoms with Crippen molar-refractivity contribution in [1.82, 2.24) is 0 Å². The van der Waals surface area contributed by atoms with Crippen molar-refractivity contribution in [3.05, 3.63) is 35.9 Å². The first-order valence-electron chi connectivity index (χ1n) is 6.12. The maximum Gasteiger partial charge on any atom is 0.149 e. The predicted molar refractivity (Wildman–Crippen MR) is 76.8 cm³/mol. The molecule has 18 heavy (non-hydrogen) atoms. The van der Waals surface area contributed by atoms with Crippen molar-refractivity contribution in [1.29, 1.82) is 0 Å². The monoisotopic (exact) mass is 260 g/mol. The second-order valence-corrected chi connectivity index (χ2v) is 9.98. The van der Waals surface area contributed by atoms with Crippen molar-refractivity contribution in [3.8, 4) is 11.5 Å². The summed E-state index contributed by atoms with van der Waals surface area (Å²) < 4.78 is 5.54. The fourth-order valence-electron chi connectivity index (χ4n) is 1.34. The van der Waals surface area contributed by atoms with E-state index in [-0.39, 0.29) is 0 Å². The summed E-state index contributed by atoms with van der Waals surface area (Å²) in [5.41, 5.74) is 4.31. The molecule has 0 amide bonds. The summed E-state index contributed by atoms with van der Waals surface area (Å²) >= 11 is 0. The summed E-state index contributed by atoms with van der Waals surface area (Å²) in [6.07, 6.45) is 0.900. The molecule has 0 aliphatic carbocycles. The Morgan fingerprint density at radius 2 is 1.94 bits per heavy atom. The molecule has 0 unspecified atom stereocenters. The molecule has 0 aliphatic heterocycles. The Labute approximate surface area is 110 Å². The highest BCUT2D eigenvalue weighted by molar-refractivity contribution is 6.83. The fraction of sp³-hybridized carbons (Fsp3) is 0.400. The maximum absolute atomic E-state index is 10.9. The van der Waals surface area contributed by atoms with E-state index in [4.69, 9.17) is 4.74 Å². The number of carbonyl (C=O) groups is 1. The van der Waals surface area contributed by atoms with E-state index in [2.05, 4.69) is 31.1 Å². The molecule has 0 aliphatic rings. The van der Waals surface area contributed by atoms with Gasteiger partial charge in [0.25, 0.3) is 0 Å². The first kappa shape index (κ1) is 14.7. The van der Waals surface area contributed by atoms with Crippen LogP contribution < -0.4 is 0 Å². The molecule has 2 nitrogen and oxygen atoms in total. The van der Waals surface area contributed by atoms with E-state index >= 15 is 0 Å². The third-order valence-corrected chi connectivity index (χ3v) is 3.15. The minimum atomic E-state index is -1.36. The molecule has 96 valence electrons. The van der Waals surface area contributed by atoms with Crippen molar-refractivity contribution >= 4 is 14.4 Å². The van der Waals surface area contributed by atoms with Crippen LogP contribution in [0.15, 0.2) is 30.3 Å². The van der Waals surface area contributed by atoms with Gasteiger partial charge < -0.3 is 9.53 Å². The highest BCUT2D eigenvalue weighted by Crippen LogP contribution is 2.05. The van der Waals surface area contributed by atoms with Crippen molar-refractivity contribution in [3.63, 3.8) is 0 Å². The van der Waals surface area contributed by atoms with Gasteiger partial charge >= 0.3 is 0 Å². The Morgan fingerprint density at radius 3 is 2.50 bits per heavy atom. The molecule has 0 N–H and O–H groups in total. The molecule has 0 aromatic heterocycles. The van der Waals surface area contributed by atoms with Crippen LogP contribution in [0, 0.1) is 11.5 Å². The molecule has 1 rings (SSSR count). The van der Waals surface area contributed by atoms with Crippen LogP contribution in [0.2, 0.25) is 19.6 Å². The maximum atomic E-state index is 10.9. The van der Waals surface area contributed by atoms with Crippen LogP contribution in [-0.4, -0.2) is 20.5 Å². The van der Waals surface area contributed by atoms with Crippen LogP contribution >= 0.6 is 0 Å². The molecule has 1 aromatic carbocycles. The molecule has 1 atom stereocenters. The van der Waals surface area contributed by atoms with E-state index in [0.29, 0.717) is 13.0 Å². The molecule has 0 radical (unpaired) electrons. The van der Waals surface area contributed by atoms with E-state index in [1.54, 1.807) is 0 Å². The fourth-order valence-corrected chi connectivity index (χ4v) is 1.97. The van der Waals surface area contributed by atoms with E-state index < -0.39 is 14.2 Å². The average Bonchev–Trinajstić information content (AvgIpc) is 2.33. The zero-order valence-corrected chi connectivity index (χ0v) is 12.3. The van der Waals surface area contributed by atoms with Gasteiger partial charge in [-0.2, -0.15) is 0 Å². The van der Waals surface area contributed by atoms with Gasteiger partial charge in [0.15, 0.2) is 0 Å². The number of carbonyl (C=O) groups excluding carboxylic acids is 1. The predicted octanol–water partition coefficient (Wildman–Crippen LogP) is 3.04. The number of hydrogen-bond donors (Lipinski definition) is 0. The van der Waals surface area contributed by atoms with Gasteiger partial charge in [-0.15, -0.1) is 11.5 Å². The molecule has 0 heterocycles. The summed E-state index contributed by atoms with van der Waals surface area (Å²) in [5, 5.41) is 0. The molecular formula is C15H20O2Si. The van der Waals surface area contributed by atoms with Crippen molar-refractivity contribution in [2.24, 2.45) is 0 Å². The number of rotatable bonds is 5. The average molecular weight is 260 g/mol. The van der Waals surface area contributed by atoms with Crippen LogP contribution in [0.5, 0.6) is 0 Å². The van der Waals surface area contributed by atoms with Crippen LogP contribution in [0.4, 0.5) is 0 Å². The third-order valence-electron chi connectivity index (χ3n) is 2.23. The minimum absolute atomic E-state index is 0.422. The highest BCUT2D eigenvalue weighted by atomic mass is 28.3. The summed E-state index contributed by atoms with van der Waals surface area (Å²) in [7, 11) is -1.36. The van der Waals surface area contributed by atoms with Gasteiger partial charge in [-0.1, -0.05) is 50.0 Å². The lowest BCUT2D eigenvalue weighted by Gasteiger charge is -2.09. The first-order valence-corrected chi connectivity index (χ1v) is 9.62. The SMILES string of the molecule is C[Si](C)(C)C#CC[C@H](C=O)OCc1ccccc1. The normalized spacial score (nSPS) is 12.4. The lowest BCUT2D eigenvalue weighted by atomic mass is 10.2. The summed E-state index contributed by atoms with van der Waals surface area (Å²) in [6, 6.07) is 9.84. The number of hydrogen-bond acceptors (Lipinski definition) is 2. The number of ether oxygens (including phenoxy) is 1. The molecule has 0 saturated heterocycles. The van der Waals surface area contributed by atoms with Crippen LogP contribution in [0.25, 0.3) is 0 Å². The van der Waals surface area contributed by atoms with E-state index in [0.717, 1.165) is 11.8 Å². The molecule has 3 heteroatoms. The quantitative estimate of drug-likeness (QED) is 0.462. The molecule has 0 saturated carbocycles. The Balaban J connectivity index is 2.43. The van der Waals surface area contributed by atoms with Crippen LogP contribution in [-0.2, 0) is 16.1 Å². The minimum Gasteiger partial charge on any atom is -0.365 e. The summed E-state index contributed by atoms with van der Waals surface area (Å²) in [6.45, 7) is 7.00. The standard InChI is InChI=1S/C15H20O2Si/c1-18(2,3)11-7-10-15(12-16)17-13-14-8-5-4-6-9-14/h4-6,8-9,12,15H,10,13H2,1-3H3/t15-/m1/s1. The molecular weight excluding hydrogens is 240 g/mol. The van der Waals surface area contributed by atoms with Gasteiger partial charge in [-0.25, -0.2) is 0 Å². The number of benzene rings is 1. The zero-order valence-electron chi connectivity index (χ0n) is 11.3. The van der Waals surface area contributed by atoms with Gasteiger partial charge in [-0.05, 0) is 5.56 Å². The van der Waals surface area contributed by atoms with E-state index in [1.165, 1.54) is 0 Å². The van der Waals surface area contributed by atoms with Gasteiger partial charge in [0.2, 0.25) is 0 Å². The lowest BCUT2D eigenvalue weighted by molar-refractivity contribution is -0.118. The Kier molecular flexibility index (Phi) is 5.83. The van der Waals surface area contributed by atoms with E-state index in [9.17, 15) is 4.79 Å². The highest BCUT2D eigenvalue weighted by Gasteiger charge is 2.09. The molecule has 1 aromatic rings. The van der Waals surface area contributed by atoms with Crippen LogP contribution in [0.1, 0.15) is 12.0 Å². The first-order chi connectivity index (χ1) is 8.51. The second kappa shape index (κ2) is 7.15. The molecule has 0 bridgehead atoms. The number of aldehydes is 1. The Bertz CT molecular complexity index is 423. The Morgan fingerprint density at radius 1 is 1.28 bits per heavy atom. The topological polar surface area (TPSA) is 26.3 Å². The Hall–Kier alpha value is -1.37. The van der Waals surface area contributed by atoms with Crippen molar-refractivity contribution in [2.45, 2.75) is 38.8 Å². The van der Waals surface area contributed by atoms with Gasteiger partial charge in [0.1, 0.15) is 20.5 Å². The van der Waals surface area contributed by atoms with Gasteiger partial charge in [-0.3, -0.25) is 0 Å². The summed E-state index contributed by atoms with van der Waals surface area (Å²) in [4.78, 5) is 10.9. The van der Waals surface area contributed by atoms with Gasteiger partial charge in [0, 0.05) is 6.42 Å². The lowest BCUT2D eigenvalue weighted by Crippen LogP contribution is -2.18. The smallest absolute Gasteiger partial charge is 0.149 e. The van der Waals surface area contributed by atoms with Crippen LogP contribution in [0.3, 0.4) is 0 Å². The van der Waals surface area contributed by atoms with Crippen molar-refractivity contribution < 1.29 is 9.53 Å². The molecule has 0 fully saturated rings. The van der Waals surface area contributed by atoms with Crippen molar-refractivity contribution in [2.75, 3.05) is 0 Å². The summed E-state index contributed by atoms with van der Waals surface area (Å²) in [5.74, 6) is 3.07. The zero-order chi connectivity index (χ0) is 13.4. The largest absolute Gasteiger partial charge is 0.365 e. The molecule has 0 spiro atoms. The van der Waals surface area contributed by atoms with E-state index in [1.807, 2.05) is 30.3 Å². The third kappa shape index (κ3) is 6.38. The van der Waals surface area contributed by atoms with Gasteiger partial charge in [0.05, 0.1) is 6.61 Å².